The molecule has 0 heterocycles. The van der Waals surface area contributed by atoms with Crippen molar-refractivity contribution in [2.24, 2.45) is 5.92 Å². The van der Waals surface area contributed by atoms with Crippen LogP contribution in [0.1, 0.15) is 54.1 Å². The number of allylic oxidation sites excluding steroid dienone is 3. The summed E-state index contributed by atoms with van der Waals surface area (Å²) in [5.41, 5.74) is 2.61. The van der Waals surface area contributed by atoms with E-state index in [9.17, 15) is 20.1 Å². The molecule has 2 rings (SSSR count). The number of aromatic hydroxyl groups is 2. The summed E-state index contributed by atoms with van der Waals surface area (Å²) in [6.45, 7) is 9.49. The summed E-state index contributed by atoms with van der Waals surface area (Å²) in [6.07, 6.45) is 3.81. The molecule has 0 amide bonds. The van der Waals surface area contributed by atoms with Gasteiger partial charge in [0, 0.05) is 11.5 Å². The van der Waals surface area contributed by atoms with E-state index in [1.54, 1.807) is 6.92 Å². The Hall–Kier alpha value is -2.23. The van der Waals surface area contributed by atoms with E-state index in [1.165, 1.54) is 11.6 Å². The number of carboxylic acids is 1. The molecule has 0 unspecified atom stereocenters. The summed E-state index contributed by atoms with van der Waals surface area (Å²) in [7, 11) is 0. The maximum Gasteiger partial charge on any atom is 0.339 e. The normalized spacial score (nSPS) is 21.3. The van der Waals surface area contributed by atoms with Crippen LogP contribution in [0.4, 0.5) is 0 Å². The number of hydrogen-bond donors (Lipinski definition) is 3. The highest BCUT2D eigenvalue weighted by atomic mass is 16.4. The van der Waals surface area contributed by atoms with Crippen LogP contribution in [0, 0.1) is 12.8 Å². The highest BCUT2D eigenvalue weighted by Gasteiger charge is 2.32. The van der Waals surface area contributed by atoms with E-state index >= 15 is 0 Å². The zero-order valence-corrected chi connectivity index (χ0v) is 13.2. The van der Waals surface area contributed by atoms with Crippen LogP contribution < -0.4 is 0 Å². The minimum absolute atomic E-state index is 0.0674. The first-order valence-electron chi connectivity index (χ1n) is 7.35. The lowest BCUT2D eigenvalue weighted by molar-refractivity contribution is 0.0692. The zero-order valence-electron chi connectivity index (χ0n) is 13.2. The highest BCUT2D eigenvalue weighted by Crippen LogP contribution is 2.47. The van der Waals surface area contributed by atoms with Gasteiger partial charge in [-0.15, -0.1) is 0 Å². The van der Waals surface area contributed by atoms with Gasteiger partial charge in [0.25, 0.3) is 0 Å². The van der Waals surface area contributed by atoms with Crippen molar-refractivity contribution in [3.63, 3.8) is 0 Å². The number of benzene rings is 1. The number of aryl methyl sites for hydroxylation is 1. The van der Waals surface area contributed by atoms with Gasteiger partial charge < -0.3 is 15.3 Å². The van der Waals surface area contributed by atoms with Gasteiger partial charge in [0.05, 0.1) is 0 Å². The van der Waals surface area contributed by atoms with E-state index in [-0.39, 0.29) is 34.5 Å². The molecule has 2 atom stereocenters. The van der Waals surface area contributed by atoms with Gasteiger partial charge >= 0.3 is 5.97 Å². The molecule has 1 aromatic carbocycles. The fraction of sp³-hybridized carbons (Fsp3) is 0.389. The second-order valence-electron chi connectivity index (χ2n) is 6.19. The third-order valence-corrected chi connectivity index (χ3v) is 4.44. The van der Waals surface area contributed by atoms with Gasteiger partial charge in [-0.1, -0.05) is 23.8 Å². The molecule has 3 N–H and O–H groups in total. The molecule has 0 spiro atoms. The number of rotatable bonds is 3. The molecule has 0 saturated carbocycles. The zero-order chi connectivity index (χ0) is 16.6. The van der Waals surface area contributed by atoms with Crippen molar-refractivity contribution in [2.75, 3.05) is 0 Å². The van der Waals surface area contributed by atoms with Crippen molar-refractivity contribution in [1.29, 1.82) is 0 Å². The van der Waals surface area contributed by atoms with E-state index in [0.29, 0.717) is 5.56 Å². The summed E-state index contributed by atoms with van der Waals surface area (Å²) in [5, 5.41) is 30.1. The van der Waals surface area contributed by atoms with E-state index in [2.05, 4.69) is 6.58 Å². The van der Waals surface area contributed by atoms with Crippen LogP contribution in [0.15, 0.2) is 29.9 Å². The highest BCUT2D eigenvalue weighted by molar-refractivity contribution is 5.93. The van der Waals surface area contributed by atoms with Crippen LogP contribution in [-0.2, 0) is 0 Å². The Morgan fingerprint density at radius 1 is 1.32 bits per heavy atom. The predicted molar refractivity (Wildman–Crippen MR) is 85.5 cm³/mol. The molecule has 1 aliphatic rings. The molecule has 1 aromatic rings. The molecule has 0 radical (unpaired) electrons. The molecule has 1 aliphatic carbocycles. The molecule has 0 saturated heterocycles. The summed E-state index contributed by atoms with van der Waals surface area (Å²) >= 11 is 0. The molecule has 0 bridgehead atoms. The van der Waals surface area contributed by atoms with Crippen molar-refractivity contribution >= 4 is 5.97 Å². The van der Waals surface area contributed by atoms with Crippen molar-refractivity contribution in [3.8, 4) is 11.5 Å². The van der Waals surface area contributed by atoms with Gasteiger partial charge in [-0.05, 0) is 51.2 Å². The van der Waals surface area contributed by atoms with Gasteiger partial charge in [0.2, 0.25) is 0 Å². The number of phenols is 2. The number of carboxylic acid groups (broad SMARTS) is 1. The monoisotopic (exact) mass is 302 g/mol. The Kier molecular flexibility index (Phi) is 4.31. The summed E-state index contributed by atoms with van der Waals surface area (Å²) in [5.74, 6) is -1.79. The van der Waals surface area contributed by atoms with Crippen LogP contribution in [0.25, 0.3) is 0 Å². The first-order valence-corrected chi connectivity index (χ1v) is 7.35. The molecule has 22 heavy (non-hydrogen) atoms. The Labute approximate surface area is 130 Å². The summed E-state index contributed by atoms with van der Waals surface area (Å²) < 4.78 is 0. The van der Waals surface area contributed by atoms with Gasteiger partial charge in [-0.2, -0.15) is 0 Å². The molecule has 0 fully saturated rings. The van der Waals surface area contributed by atoms with Crippen molar-refractivity contribution in [1.82, 2.24) is 0 Å². The maximum absolute atomic E-state index is 11.4. The smallest absolute Gasteiger partial charge is 0.339 e. The standard InChI is InChI=1S/C18H22O4/c1-9(2)12-6-5-10(3)7-13(12)16-14(19)8-11(4)15(17(16)20)18(21)22/h7-8,12-13,19-20H,1,5-6H2,2-4H3,(H,21,22)/t12-,13-/m1/s1. The first kappa shape index (κ1) is 16.1. The molecular formula is C18H22O4. The lowest BCUT2D eigenvalue weighted by Gasteiger charge is -2.31. The summed E-state index contributed by atoms with van der Waals surface area (Å²) in [6, 6.07) is 1.41. The molecule has 0 aliphatic heterocycles. The first-order chi connectivity index (χ1) is 10.2. The van der Waals surface area contributed by atoms with Crippen LogP contribution in [0.3, 0.4) is 0 Å². The average molecular weight is 302 g/mol. The Morgan fingerprint density at radius 2 is 1.95 bits per heavy atom. The number of aromatic carboxylic acids is 1. The largest absolute Gasteiger partial charge is 0.507 e. The van der Waals surface area contributed by atoms with Crippen molar-refractivity contribution < 1.29 is 20.1 Å². The van der Waals surface area contributed by atoms with Gasteiger partial charge in [0.15, 0.2) is 0 Å². The van der Waals surface area contributed by atoms with Crippen LogP contribution in [0.2, 0.25) is 0 Å². The fourth-order valence-electron chi connectivity index (χ4n) is 3.30. The predicted octanol–water partition coefficient (Wildman–Crippen LogP) is 4.12. The van der Waals surface area contributed by atoms with E-state index < -0.39 is 5.97 Å². The number of hydrogen-bond acceptors (Lipinski definition) is 3. The van der Waals surface area contributed by atoms with Gasteiger partial charge in [-0.3, -0.25) is 0 Å². The molecule has 0 aromatic heterocycles. The molecule has 4 heteroatoms. The number of carbonyl (C=O) groups is 1. The van der Waals surface area contributed by atoms with Crippen LogP contribution in [0.5, 0.6) is 11.5 Å². The average Bonchev–Trinajstić information content (AvgIpc) is 2.36. The lowest BCUT2D eigenvalue weighted by Crippen LogP contribution is -2.18. The minimum Gasteiger partial charge on any atom is -0.507 e. The second-order valence-corrected chi connectivity index (χ2v) is 6.19. The van der Waals surface area contributed by atoms with Crippen molar-refractivity contribution in [3.05, 3.63) is 46.6 Å². The van der Waals surface area contributed by atoms with Crippen LogP contribution >= 0.6 is 0 Å². The quantitative estimate of drug-likeness (QED) is 0.734. The van der Waals surface area contributed by atoms with Gasteiger partial charge in [0.1, 0.15) is 17.1 Å². The molecular weight excluding hydrogens is 280 g/mol. The fourth-order valence-corrected chi connectivity index (χ4v) is 3.30. The van der Waals surface area contributed by atoms with Gasteiger partial charge in [-0.25, -0.2) is 4.79 Å². The van der Waals surface area contributed by atoms with Crippen molar-refractivity contribution in [2.45, 2.75) is 39.5 Å². The minimum atomic E-state index is -1.19. The molecule has 4 nitrogen and oxygen atoms in total. The topological polar surface area (TPSA) is 77.8 Å². The van der Waals surface area contributed by atoms with Crippen LogP contribution in [-0.4, -0.2) is 21.3 Å². The Balaban J connectivity index is 2.69. The Bertz CT molecular complexity index is 670. The Morgan fingerprint density at radius 3 is 2.50 bits per heavy atom. The second kappa shape index (κ2) is 5.87. The SMILES string of the molecule is C=C(C)[C@H]1CCC(C)=C[C@H]1c1c(O)cc(C)c(C(=O)O)c1O. The number of phenolic OH excluding ortho intramolecular Hbond substituents is 1. The van der Waals surface area contributed by atoms with E-state index in [0.717, 1.165) is 18.4 Å². The van der Waals surface area contributed by atoms with E-state index in [1.807, 2.05) is 19.9 Å². The van der Waals surface area contributed by atoms with E-state index in [4.69, 9.17) is 0 Å². The third kappa shape index (κ3) is 2.73. The third-order valence-electron chi connectivity index (χ3n) is 4.44. The maximum atomic E-state index is 11.4. The lowest BCUT2D eigenvalue weighted by atomic mass is 9.73. The summed E-state index contributed by atoms with van der Waals surface area (Å²) in [4.78, 5) is 11.4. The molecule has 118 valence electrons.